The van der Waals surface area contributed by atoms with E-state index in [0.29, 0.717) is 11.2 Å². The Kier molecular flexibility index (Phi) is 8.30. The number of nitrogens with one attached hydrogen (secondary N) is 1. The van der Waals surface area contributed by atoms with Crippen LogP contribution in [0.25, 0.3) is 21.9 Å². The van der Waals surface area contributed by atoms with Gasteiger partial charge in [0.25, 0.3) is 11.8 Å². The fourth-order valence-electron chi connectivity index (χ4n) is 5.63. The van der Waals surface area contributed by atoms with Crippen LogP contribution in [-0.4, -0.2) is 69.1 Å². The van der Waals surface area contributed by atoms with E-state index in [1.165, 1.54) is 5.56 Å². The average molecular weight is 581 g/mol. The van der Waals surface area contributed by atoms with Gasteiger partial charge in [0.2, 0.25) is 0 Å². The van der Waals surface area contributed by atoms with E-state index >= 15 is 0 Å². The van der Waals surface area contributed by atoms with Gasteiger partial charge in [0, 0.05) is 81.1 Å². The summed E-state index contributed by atoms with van der Waals surface area (Å²) in [5.41, 5.74) is 15.6. The number of furan rings is 2. The zero-order valence-electron chi connectivity index (χ0n) is 24.0. The van der Waals surface area contributed by atoms with E-state index in [2.05, 4.69) is 56.4 Å². The molecule has 0 saturated carbocycles. The highest BCUT2D eigenvalue weighted by Gasteiger charge is 2.19. The molecule has 2 saturated heterocycles. The Bertz CT molecular complexity index is 1720. The largest absolute Gasteiger partial charge is 0.451 e. The van der Waals surface area contributed by atoms with Crippen molar-refractivity contribution in [2.75, 3.05) is 62.2 Å². The summed E-state index contributed by atoms with van der Waals surface area (Å²) in [6.45, 7) is 9.01. The summed E-state index contributed by atoms with van der Waals surface area (Å²) in [7, 11) is 0. The number of nitrogens with two attached hydrogens (primary N) is 2. The van der Waals surface area contributed by atoms with Crippen molar-refractivity contribution >= 4 is 45.1 Å². The van der Waals surface area contributed by atoms with Crippen molar-refractivity contribution in [3.05, 3.63) is 95.9 Å². The lowest BCUT2D eigenvalue weighted by Gasteiger charge is -2.36. The lowest BCUT2D eigenvalue weighted by atomic mass is 10.1. The van der Waals surface area contributed by atoms with Crippen molar-refractivity contribution in [2.24, 2.45) is 11.5 Å². The second kappa shape index (κ2) is 12.6. The standard InChI is InChI=1S/C20H21N3O2.C13H15N3O2/c21-20(24)19-13-16-12-17(6-7-18(16)25-19)23-10-8-22(9-11-23)14-15-4-2-1-3-5-15;14-13(17)12-8-9-7-10(1-2-11(9)18-12)16-5-3-15-4-6-16/h1-7,12-13H,8-11,14H2,(H2,21,24);1-2,7-8,15H,3-6H2,(H2,14,17). The van der Waals surface area contributed by atoms with Gasteiger partial charge in [0.15, 0.2) is 11.5 Å². The maximum Gasteiger partial charge on any atom is 0.284 e. The first-order chi connectivity index (χ1) is 20.9. The quantitative estimate of drug-likeness (QED) is 0.276. The van der Waals surface area contributed by atoms with Crippen molar-refractivity contribution in [3.63, 3.8) is 0 Å². The minimum Gasteiger partial charge on any atom is -0.451 e. The molecule has 3 aromatic carbocycles. The van der Waals surface area contributed by atoms with Crippen LogP contribution in [0.5, 0.6) is 0 Å². The highest BCUT2D eigenvalue weighted by Crippen LogP contribution is 2.27. The number of nitrogens with zero attached hydrogens (tertiary/aromatic N) is 3. The second-order valence-electron chi connectivity index (χ2n) is 10.9. The predicted octanol–water partition coefficient (Wildman–Crippen LogP) is 3.80. The summed E-state index contributed by atoms with van der Waals surface area (Å²) in [5, 5.41) is 5.15. The van der Waals surface area contributed by atoms with Crippen LogP contribution < -0.4 is 26.6 Å². The number of rotatable bonds is 6. The maximum absolute atomic E-state index is 11.3. The Morgan fingerprint density at radius 2 is 1.16 bits per heavy atom. The molecule has 10 heteroatoms. The number of benzene rings is 3. The van der Waals surface area contributed by atoms with Crippen LogP contribution in [-0.2, 0) is 6.54 Å². The summed E-state index contributed by atoms with van der Waals surface area (Å²) in [4.78, 5) is 29.5. The first kappa shape index (κ1) is 28.3. The number of carbonyl (C=O) groups excluding carboxylic acids is 2. The van der Waals surface area contributed by atoms with Crippen molar-refractivity contribution in [2.45, 2.75) is 6.54 Å². The number of fused-ring (bicyclic) bond motifs is 2. The maximum atomic E-state index is 11.3. The first-order valence-corrected chi connectivity index (χ1v) is 14.6. The lowest BCUT2D eigenvalue weighted by molar-refractivity contribution is 0.0968. The average Bonchev–Trinajstić information content (AvgIpc) is 3.67. The summed E-state index contributed by atoms with van der Waals surface area (Å²) in [6.07, 6.45) is 0. The first-order valence-electron chi connectivity index (χ1n) is 14.6. The summed E-state index contributed by atoms with van der Waals surface area (Å²) in [5.74, 6) is -0.649. The molecule has 2 aliphatic heterocycles. The van der Waals surface area contributed by atoms with Gasteiger partial charge in [0.05, 0.1) is 0 Å². The van der Waals surface area contributed by atoms with E-state index in [0.717, 1.165) is 81.1 Å². The molecule has 0 radical (unpaired) electrons. The number of anilines is 2. The summed E-state index contributed by atoms with van der Waals surface area (Å²) in [6, 6.07) is 26.0. The smallest absolute Gasteiger partial charge is 0.284 e. The molecule has 2 fully saturated rings. The minimum absolute atomic E-state index is 0.208. The number of piperazine rings is 2. The third-order valence-electron chi connectivity index (χ3n) is 7.95. The summed E-state index contributed by atoms with van der Waals surface area (Å²) < 4.78 is 10.8. The molecular weight excluding hydrogens is 544 g/mol. The molecule has 0 atom stereocenters. The molecule has 222 valence electrons. The van der Waals surface area contributed by atoms with E-state index in [1.807, 2.05) is 30.3 Å². The van der Waals surface area contributed by atoms with Gasteiger partial charge < -0.3 is 35.4 Å². The number of hydrogen-bond acceptors (Lipinski definition) is 8. The van der Waals surface area contributed by atoms with Crippen LogP contribution in [0.15, 0.2) is 87.7 Å². The molecule has 2 aliphatic rings. The van der Waals surface area contributed by atoms with Crippen molar-refractivity contribution in [1.29, 1.82) is 0 Å². The van der Waals surface area contributed by atoms with Gasteiger partial charge in [-0.15, -0.1) is 0 Å². The molecule has 43 heavy (non-hydrogen) atoms. The third kappa shape index (κ3) is 6.66. The van der Waals surface area contributed by atoms with Gasteiger partial charge in [-0.3, -0.25) is 14.5 Å². The molecule has 2 amide bonds. The molecule has 4 heterocycles. The van der Waals surface area contributed by atoms with Gasteiger partial charge >= 0.3 is 0 Å². The van der Waals surface area contributed by atoms with Gasteiger partial charge in [-0.25, -0.2) is 0 Å². The Morgan fingerprint density at radius 3 is 1.67 bits per heavy atom. The number of primary amides is 2. The Morgan fingerprint density at radius 1 is 0.651 bits per heavy atom. The van der Waals surface area contributed by atoms with Gasteiger partial charge in [-0.2, -0.15) is 0 Å². The highest BCUT2D eigenvalue weighted by atomic mass is 16.3. The van der Waals surface area contributed by atoms with Crippen LogP contribution in [0, 0.1) is 0 Å². The SMILES string of the molecule is NC(=O)c1cc2cc(N3CCN(Cc4ccccc4)CC3)ccc2o1.NC(=O)c1cc2cc(N3CCNCC3)ccc2o1. The fraction of sp³-hybridized carbons (Fsp3) is 0.273. The number of amides is 2. The van der Waals surface area contributed by atoms with Crippen LogP contribution in [0.4, 0.5) is 11.4 Å². The van der Waals surface area contributed by atoms with Crippen LogP contribution in [0.1, 0.15) is 26.7 Å². The van der Waals surface area contributed by atoms with Crippen LogP contribution in [0.2, 0.25) is 0 Å². The predicted molar refractivity (Wildman–Crippen MR) is 168 cm³/mol. The Hall–Kier alpha value is -4.80. The summed E-state index contributed by atoms with van der Waals surface area (Å²) >= 11 is 0. The monoisotopic (exact) mass is 580 g/mol. The van der Waals surface area contributed by atoms with Gasteiger partial charge in [-0.05, 0) is 54.1 Å². The zero-order chi connectivity index (χ0) is 29.8. The molecular formula is C33H36N6O4. The van der Waals surface area contributed by atoms with E-state index in [1.54, 1.807) is 12.1 Å². The Balaban J connectivity index is 0.000000162. The van der Waals surface area contributed by atoms with Crippen LogP contribution >= 0.6 is 0 Å². The highest BCUT2D eigenvalue weighted by molar-refractivity contribution is 5.96. The lowest BCUT2D eigenvalue weighted by Crippen LogP contribution is -2.45. The van der Waals surface area contributed by atoms with E-state index < -0.39 is 11.8 Å². The molecule has 0 spiro atoms. The molecule has 0 unspecified atom stereocenters. The molecule has 0 aliphatic carbocycles. The van der Waals surface area contributed by atoms with E-state index in [4.69, 9.17) is 20.3 Å². The molecule has 5 aromatic rings. The van der Waals surface area contributed by atoms with Crippen molar-refractivity contribution in [3.8, 4) is 0 Å². The molecule has 5 N–H and O–H groups in total. The molecule has 2 aromatic heterocycles. The molecule has 7 rings (SSSR count). The topological polar surface area (TPSA) is 134 Å². The number of hydrogen-bond donors (Lipinski definition) is 3. The fourth-order valence-corrected chi connectivity index (χ4v) is 5.63. The third-order valence-corrected chi connectivity index (χ3v) is 7.95. The molecule has 0 bridgehead atoms. The molecule has 10 nitrogen and oxygen atoms in total. The van der Waals surface area contributed by atoms with Crippen LogP contribution in [0.3, 0.4) is 0 Å². The van der Waals surface area contributed by atoms with Gasteiger partial charge in [-0.1, -0.05) is 30.3 Å². The van der Waals surface area contributed by atoms with Gasteiger partial charge in [0.1, 0.15) is 11.2 Å². The normalized spacial score (nSPS) is 15.8. The minimum atomic E-state index is -0.535. The Labute approximate surface area is 249 Å². The second-order valence-corrected chi connectivity index (χ2v) is 10.9. The van der Waals surface area contributed by atoms with Crippen molar-refractivity contribution in [1.82, 2.24) is 10.2 Å². The van der Waals surface area contributed by atoms with E-state index in [-0.39, 0.29) is 11.5 Å². The number of carbonyl (C=O) groups is 2. The van der Waals surface area contributed by atoms with Crippen molar-refractivity contribution < 1.29 is 18.4 Å². The zero-order valence-corrected chi connectivity index (χ0v) is 24.0. The van der Waals surface area contributed by atoms with E-state index in [9.17, 15) is 9.59 Å².